The van der Waals surface area contributed by atoms with E-state index in [1.807, 2.05) is 48.5 Å². The van der Waals surface area contributed by atoms with Gasteiger partial charge in [0, 0.05) is 6.20 Å². The molecule has 0 aliphatic carbocycles. The van der Waals surface area contributed by atoms with Crippen molar-refractivity contribution in [2.24, 2.45) is 0 Å². The zero-order chi connectivity index (χ0) is 14.7. The van der Waals surface area contributed by atoms with Crippen molar-refractivity contribution in [1.82, 2.24) is 9.38 Å². The highest BCUT2D eigenvalue weighted by Gasteiger charge is 2.13. The average Bonchev–Trinajstić information content (AvgIpc) is 2.54. The first-order valence-electron chi connectivity index (χ1n) is 7.37. The highest BCUT2D eigenvalue weighted by molar-refractivity contribution is 5.66. The Bertz CT molecular complexity index is 806. The molecule has 3 rings (SSSR count). The monoisotopic (exact) mass is 278 g/mol. The van der Waals surface area contributed by atoms with Crippen LogP contribution in [-0.4, -0.2) is 9.38 Å². The fourth-order valence-corrected chi connectivity index (χ4v) is 2.56. The van der Waals surface area contributed by atoms with E-state index in [0.29, 0.717) is 5.65 Å². The number of nitrogens with zero attached hydrogens (tertiary/aromatic N) is 2. The Hall–Kier alpha value is -2.42. The summed E-state index contributed by atoms with van der Waals surface area (Å²) in [4.78, 5) is 17.5. The Labute approximate surface area is 123 Å². The molecule has 0 spiro atoms. The smallest absolute Gasteiger partial charge is 0.265 e. The molecule has 0 radical (unpaired) electrons. The molecule has 0 amide bonds. The van der Waals surface area contributed by atoms with Gasteiger partial charge in [0.05, 0.1) is 11.3 Å². The molecule has 2 heterocycles. The van der Waals surface area contributed by atoms with Crippen LogP contribution in [0.1, 0.15) is 25.5 Å². The molecule has 0 aliphatic rings. The van der Waals surface area contributed by atoms with Crippen LogP contribution >= 0.6 is 0 Å². The molecule has 3 nitrogen and oxygen atoms in total. The predicted octanol–water partition coefficient (Wildman–Crippen LogP) is 3.70. The summed E-state index contributed by atoms with van der Waals surface area (Å²) >= 11 is 0. The van der Waals surface area contributed by atoms with Gasteiger partial charge in [-0.25, -0.2) is 4.98 Å². The molecule has 1 aromatic carbocycles. The Morgan fingerprint density at radius 2 is 1.81 bits per heavy atom. The van der Waals surface area contributed by atoms with Crippen molar-refractivity contribution in [2.45, 2.75) is 26.2 Å². The maximum atomic E-state index is 12.8. The van der Waals surface area contributed by atoms with Crippen LogP contribution in [0.2, 0.25) is 0 Å². The van der Waals surface area contributed by atoms with Gasteiger partial charge in [-0.2, -0.15) is 0 Å². The number of benzene rings is 1. The first-order valence-corrected chi connectivity index (χ1v) is 7.37. The Morgan fingerprint density at radius 1 is 1.05 bits per heavy atom. The van der Waals surface area contributed by atoms with Gasteiger partial charge in [0.15, 0.2) is 0 Å². The minimum atomic E-state index is 0.0119. The van der Waals surface area contributed by atoms with Crippen molar-refractivity contribution in [3.05, 3.63) is 70.8 Å². The van der Waals surface area contributed by atoms with E-state index in [2.05, 4.69) is 6.92 Å². The molecule has 106 valence electrons. The molecule has 0 atom stereocenters. The first kappa shape index (κ1) is 13.6. The van der Waals surface area contributed by atoms with E-state index in [1.165, 1.54) is 0 Å². The van der Waals surface area contributed by atoms with Crippen molar-refractivity contribution in [1.29, 1.82) is 0 Å². The lowest BCUT2D eigenvalue weighted by molar-refractivity contribution is 0.774. The highest BCUT2D eigenvalue weighted by Crippen LogP contribution is 2.20. The second-order valence-electron chi connectivity index (χ2n) is 5.14. The summed E-state index contributed by atoms with van der Waals surface area (Å²) in [7, 11) is 0. The zero-order valence-corrected chi connectivity index (χ0v) is 12.1. The third kappa shape index (κ3) is 2.59. The zero-order valence-electron chi connectivity index (χ0n) is 12.1. The standard InChI is InChI=1S/C18H18N2O/c1-2-3-11-15-17(14-9-5-4-6-10-14)18(21)20-13-8-7-12-16(20)19-15/h4-10,12-13H,2-3,11H2,1H3. The number of fused-ring (bicyclic) bond motifs is 1. The van der Waals surface area contributed by atoms with Crippen LogP contribution in [0.4, 0.5) is 0 Å². The summed E-state index contributed by atoms with van der Waals surface area (Å²) < 4.78 is 1.62. The lowest BCUT2D eigenvalue weighted by Gasteiger charge is -2.10. The van der Waals surface area contributed by atoms with Crippen LogP contribution in [0.3, 0.4) is 0 Å². The van der Waals surface area contributed by atoms with Crippen molar-refractivity contribution in [3.63, 3.8) is 0 Å². The molecular weight excluding hydrogens is 260 g/mol. The Morgan fingerprint density at radius 3 is 2.57 bits per heavy atom. The third-order valence-electron chi connectivity index (χ3n) is 3.64. The summed E-state index contributed by atoms with van der Waals surface area (Å²) in [6, 6.07) is 15.5. The second kappa shape index (κ2) is 5.92. The van der Waals surface area contributed by atoms with E-state index in [0.717, 1.165) is 36.1 Å². The summed E-state index contributed by atoms with van der Waals surface area (Å²) in [5.41, 5.74) is 3.30. The number of aryl methyl sites for hydroxylation is 1. The lowest BCUT2D eigenvalue weighted by Crippen LogP contribution is -2.19. The van der Waals surface area contributed by atoms with Gasteiger partial charge in [-0.1, -0.05) is 49.7 Å². The molecule has 0 saturated carbocycles. The molecule has 0 saturated heterocycles. The predicted molar refractivity (Wildman–Crippen MR) is 85.5 cm³/mol. The van der Waals surface area contributed by atoms with Gasteiger partial charge in [0.1, 0.15) is 5.65 Å². The molecule has 2 aromatic heterocycles. The largest absolute Gasteiger partial charge is 0.268 e. The summed E-state index contributed by atoms with van der Waals surface area (Å²) in [6.07, 6.45) is 4.74. The highest BCUT2D eigenvalue weighted by atomic mass is 16.1. The molecule has 21 heavy (non-hydrogen) atoms. The van der Waals surface area contributed by atoms with Gasteiger partial charge >= 0.3 is 0 Å². The van der Waals surface area contributed by atoms with E-state index in [-0.39, 0.29) is 5.56 Å². The number of unbranched alkanes of at least 4 members (excludes halogenated alkanes) is 1. The number of pyridine rings is 1. The van der Waals surface area contributed by atoms with E-state index in [9.17, 15) is 4.79 Å². The van der Waals surface area contributed by atoms with Crippen LogP contribution in [-0.2, 0) is 6.42 Å². The molecule has 0 fully saturated rings. The molecule has 3 aromatic rings. The van der Waals surface area contributed by atoms with Gasteiger partial charge in [-0.3, -0.25) is 9.20 Å². The van der Waals surface area contributed by atoms with Crippen molar-refractivity contribution in [3.8, 4) is 11.1 Å². The normalized spacial score (nSPS) is 10.9. The summed E-state index contributed by atoms with van der Waals surface area (Å²) in [6.45, 7) is 2.15. The van der Waals surface area contributed by atoms with Crippen LogP contribution in [0.15, 0.2) is 59.5 Å². The molecule has 0 N–H and O–H groups in total. The molecule has 0 unspecified atom stereocenters. The number of hydrogen-bond donors (Lipinski definition) is 0. The van der Waals surface area contributed by atoms with Gasteiger partial charge in [-0.05, 0) is 30.5 Å². The number of rotatable bonds is 4. The van der Waals surface area contributed by atoms with Crippen LogP contribution in [0.5, 0.6) is 0 Å². The van der Waals surface area contributed by atoms with E-state index >= 15 is 0 Å². The Kier molecular flexibility index (Phi) is 3.82. The summed E-state index contributed by atoms with van der Waals surface area (Å²) in [5, 5.41) is 0. The van der Waals surface area contributed by atoms with E-state index in [4.69, 9.17) is 4.98 Å². The molecule has 0 bridgehead atoms. The maximum Gasteiger partial charge on any atom is 0.265 e. The quantitative estimate of drug-likeness (QED) is 0.729. The van der Waals surface area contributed by atoms with Crippen LogP contribution < -0.4 is 5.56 Å². The van der Waals surface area contributed by atoms with Gasteiger partial charge < -0.3 is 0 Å². The molecule has 3 heteroatoms. The minimum Gasteiger partial charge on any atom is -0.268 e. The van der Waals surface area contributed by atoms with Gasteiger partial charge in [-0.15, -0.1) is 0 Å². The fourth-order valence-electron chi connectivity index (χ4n) is 2.56. The van der Waals surface area contributed by atoms with Crippen molar-refractivity contribution >= 4 is 5.65 Å². The SMILES string of the molecule is CCCCc1nc2ccccn2c(=O)c1-c1ccccc1. The number of hydrogen-bond acceptors (Lipinski definition) is 2. The Balaban J connectivity index is 2.29. The molecule has 0 aliphatic heterocycles. The third-order valence-corrected chi connectivity index (χ3v) is 3.64. The van der Waals surface area contributed by atoms with E-state index < -0.39 is 0 Å². The van der Waals surface area contributed by atoms with Gasteiger partial charge in [0.2, 0.25) is 0 Å². The summed E-state index contributed by atoms with van der Waals surface area (Å²) in [5.74, 6) is 0. The average molecular weight is 278 g/mol. The minimum absolute atomic E-state index is 0.0119. The molecular formula is C18H18N2O. The van der Waals surface area contributed by atoms with Crippen molar-refractivity contribution < 1.29 is 0 Å². The van der Waals surface area contributed by atoms with Crippen molar-refractivity contribution in [2.75, 3.05) is 0 Å². The number of aromatic nitrogens is 2. The van der Waals surface area contributed by atoms with E-state index in [1.54, 1.807) is 10.6 Å². The maximum absolute atomic E-state index is 12.8. The first-order chi connectivity index (χ1) is 10.3. The van der Waals surface area contributed by atoms with Crippen LogP contribution in [0.25, 0.3) is 16.8 Å². The van der Waals surface area contributed by atoms with Gasteiger partial charge in [0.25, 0.3) is 5.56 Å². The van der Waals surface area contributed by atoms with Crippen LogP contribution in [0, 0.1) is 0 Å². The fraction of sp³-hybridized carbons (Fsp3) is 0.222. The topological polar surface area (TPSA) is 34.4 Å². The lowest BCUT2D eigenvalue weighted by atomic mass is 10.0. The second-order valence-corrected chi connectivity index (χ2v) is 5.14.